The van der Waals surface area contributed by atoms with Crippen LogP contribution in [0, 0.1) is 6.92 Å². The first kappa shape index (κ1) is 15.9. The third-order valence-electron chi connectivity index (χ3n) is 3.86. The molecule has 0 amide bonds. The molecular formula is C15H23N7S. The van der Waals surface area contributed by atoms with Crippen molar-refractivity contribution in [3.8, 4) is 0 Å². The summed E-state index contributed by atoms with van der Waals surface area (Å²) < 4.78 is 2.03. The second kappa shape index (κ2) is 7.08. The Bertz CT molecular complexity index is 688. The van der Waals surface area contributed by atoms with Crippen molar-refractivity contribution in [1.29, 1.82) is 0 Å². The Kier molecular flexibility index (Phi) is 4.90. The van der Waals surface area contributed by atoms with E-state index in [1.54, 1.807) is 18.4 Å². The van der Waals surface area contributed by atoms with Crippen LogP contribution >= 0.6 is 11.3 Å². The molecule has 124 valence electrons. The predicted molar refractivity (Wildman–Crippen MR) is 91.7 cm³/mol. The molecule has 1 aliphatic heterocycles. The van der Waals surface area contributed by atoms with Crippen LogP contribution in [-0.2, 0) is 25.9 Å². The molecule has 0 fully saturated rings. The molecule has 2 aromatic rings. The maximum atomic E-state index is 4.55. The molecule has 0 aliphatic carbocycles. The second-order valence-electron chi connectivity index (χ2n) is 5.65. The summed E-state index contributed by atoms with van der Waals surface area (Å²) in [7, 11) is 1.79. The van der Waals surface area contributed by atoms with E-state index in [1.807, 2.05) is 10.9 Å². The SMILES string of the molecule is CCc1nc2n(n1)CC(NC(=NC)NCc1ncc(C)s1)CC2. The molecule has 0 aromatic carbocycles. The van der Waals surface area contributed by atoms with Crippen molar-refractivity contribution < 1.29 is 0 Å². The van der Waals surface area contributed by atoms with Gasteiger partial charge in [-0.05, 0) is 13.3 Å². The Balaban J connectivity index is 1.55. The van der Waals surface area contributed by atoms with E-state index in [-0.39, 0.29) is 0 Å². The van der Waals surface area contributed by atoms with Crippen molar-refractivity contribution in [2.45, 2.75) is 52.2 Å². The summed E-state index contributed by atoms with van der Waals surface area (Å²) in [6.07, 6.45) is 4.78. The van der Waals surface area contributed by atoms with Gasteiger partial charge in [0.15, 0.2) is 11.8 Å². The number of hydrogen-bond acceptors (Lipinski definition) is 5. The van der Waals surface area contributed by atoms with Gasteiger partial charge in [-0.1, -0.05) is 6.92 Å². The molecule has 0 saturated carbocycles. The molecule has 3 rings (SSSR count). The number of guanidine groups is 1. The first-order valence-electron chi connectivity index (χ1n) is 7.99. The number of fused-ring (bicyclic) bond motifs is 1. The number of aromatic nitrogens is 4. The summed E-state index contributed by atoms with van der Waals surface area (Å²) in [5.74, 6) is 2.84. The van der Waals surface area contributed by atoms with Crippen LogP contribution < -0.4 is 10.6 Å². The maximum absolute atomic E-state index is 4.55. The standard InChI is InChI=1S/C15H23N7S/c1-4-12-20-13-6-5-11(9-22(13)21-12)19-15(16-3)18-8-14-17-7-10(2)23-14/h7,11H,4-6,8-9H2,1-3H3,(H2,16,18,19). The van der Waals surface area contributed by atoms with Gasteiger partial charge >= 0.3 is 0 Å². The minimum atomic E-state index is 0.318. The van der Waals surface area contributed by atoms with Gasteiger partial charge in [0.2, 0.25) is 0 Å². The smallest absolute Gasteiger partial charge is 0.191 e. The summed E-state index contributed by atoms with van der Waals surface area (Å²) in [5, 5.41) is 12.4. The van der Waals surface area contributed by atoms with E-state index in [9.17, 15) is 0 Å². The van der Waals surface area contributed by atoms with E-state index in [4.69, 9.17) is 0 Å². The van der Waals surface area contributed by atoms with Gasteiger partial charge in [0.1, 0.15) is 10.8 Å². The van der Waals surface area contributed by atoms with Crippen LogP contribution in [0.2, 0.25) is 0 Å². The topological polar surface area (TPSA) is 80.0 Å². The quantitative estimate of drug-likeness (QED) is 0.651. The molecule has 1 aliphatic rings. The van der Waals surface area contributed by atoms with Gasteiger partial charge in [-0.15, -0.1) is 11.3 Å². The summed E-state index contributed by atoms with van der Waals surface area (Å²) >= 11 is 1.70. The van der Waals surface area contributed by atoms with Gasteiger partial charge in [0, 0.05) is 37.0 Å². The molecule has 0 radical (unpaired) electrons. The molecule has 1 unspecified atom stereocenters. The Labute approximate surface area is 140 Å². The molecule has 23 heavy (non-hydrogen) atoms. The number of aryl methyl sites for hydroxylation is 3. The molecule has 0 spiro atoms. The van der Waals surface area contributed by atoms with E-state index in [1.165, 1.54) is 4.88 Å². The summed E-state index contributed by atoms with van der Waals surface area (Å²) in [6, 6.07) is 0.318. The van der Waals surface area contributed by atoms with Gasteiger partial charge in [-0.25, -0.2) is 14.6 Å². The number of hydrogen-bond donors (Lipinski definition) is 2. The lowest BCUT2D eigenvalue weighted by Crippen LogP contribution is -2.46. The first-order chi connectivity index (χ1) is 11.2. The Morgan fingerprint density at radius 1 is 1.52 bits per heavy atom. The van der Waals surface area contributed by atoms with Crippen molar-refractivity contribution in [2.75, 3.05) is 7.05 Å². The average Bonchev–Trinajstić information content (AvgIpc) is 3.16. The monoisotopic (exact) mass is 333 g/mol. The molecule has 8 heteroatoms. The van der Waals surface area contributed by atoms with E-state index in [2.05, 4.69) is 44.5 Å². The molecule has 2 aromatic heterocycles. The highest BCUT2D eigenvalue weighted by molar-refractivity contribution is 7.11. The van der Waals surface area contributed by atoms with E-state index in [0.717, 1.165) is 48.4 Å². The third kappa shape index (κ3) is 3.87. The number of nitrogens with one attached hydrogen (secondary N) is 2. The van der Waals surface area contributed by atoms with Crippen molar-refractivity contribution in [1.82, 2.24) is 30.4 Å². The number of thiazole rings is 1. The molecular weight excluding hydrogens is 310 g/mol. The zero-order valence-corrected chi connectivity index (χ0v) is 14.7. The minimum Gasteiger partial charge on any atom is -0.352 e. The second-order valence-corrected chi connectivity index (χ2v) is 6.97. The lowest BCUT2D eigenvalue weighted by Gasteiger charge is -2.25. The molecule has 7 nitrogen and oxygen atoms in total. The summed E-state index contributed by atoms with van der Waals surface area (Å²) in [5.41, 5.74) is 0. The van der Waals surface area contributed by atoms with Crippen LogP contribution in [0.1, 0.15) is 34.9 Å². The van der Waals surface area contributed by atoms with Crippen LogP contribution in [-0.4, -0.2) is 38.8 Å². The fourth-order valence-corrected chi connectivity index (χ4v) is 3.39. The number of aliphatic imine (C=N–C) groups is 1. The molecule has 0 saturated heterocycles. The first-order valence-corrected chi connectivity index (χ1v) is 8.80. The summed E-state index contributed by atoms with van der Waals surface area (Å²) in [4.78, 5) is 14.4. The molecule has 2 N–H and O–H groups in total. The fraction of sp³-hybridized carbons (Fsp3) is 0.600. The van der Waals surface area contributed by atoms with E-state index in [0.29, 0.717) is 12.6 Å². The van der Waals surface area contributed by atoms with Crippen LogP contribution in [0.15, 0.2) is 11.2 Å². The van der Waals surface area contributed by atoms with Gasteiger partial charge in [0.05, 0.1) is 13.1 Å². The highest BCUT2D eigenvalue weighted by Gasteiger charge is 2.22. The van der Waals surface area contributed by atoms with Gasteiger partial charge in [-0.2, -0.15) is 5.10 Å². The zero-order chi connectivity index (χ0) is 16.2. The molecule has 0 bridgehead atoms. The van der Waals surface area contributed by atoms with E-state index < -0.39 is 0 Å². The molecule has 1 atom stereocenters. The van der Waals surface area contributed by atoms with Crippen molar-refractivity contribution in [3.63, 3.8) is 0 Å². The minimum absolute atomic E-state index is 0.318. The van der Waals surface area contributed by atoms with Gasteiger partial charge < -0.3 is 10.6 Å². The van der Waals surface area contributed by atoms with Crippen molar-refractivity contribution in [2.24, 2.45) is 4.99 Å². The highest BCUT2D eigenvalue weighted by atomic mass is 32.1. The van der Waals surface area contributed by atoms with Crippen LogP contribution in [0.5, 0.6) is 0 Å². The maximum Gasteiger partial charge on any atom is 0.191 e. The normalized spacial score (nSPS) is 17.9. The zero-order valence-electron chi connectivity index (χ0n) is 13.8. The average molecular weight is 333 g/mol. The van der Waals surface area contributed by atoms with Crippen LogP contribution in [0.25, 0.3) is 0 Å². The van der Waals surface area contributed by atoms with Crippen molar-refractivity contribution >= 4 is 17.3 Å². The lowest BCUT2D eigenvalue weighted by molar-refractivity contribution is 0.392. The predicted octanol–water partition coefficient (Wildman–Crippen LogP) is 1.29. The lowest BCUT2D eigenvalue weighted by atomic mass is 10.1. The van der Waals surface area contributed by atoms with Gasteiger partial charge in [0.25, 0.3) is 0 Å². The Morgan fingerprint density at radius 2 is 2.39 bits per heavy atom. The largest absolute Gasteiger partial charge is 0.352 e. The van der Waals surface area contributed by atoms with Crippen LogP contribution in [0.3, 0.4) is 0 Å². The number of rotatable bonds is 4. The Hall–Kier alpha value is -1.96. The third-order valence-corrected chi connectivity index (χ3v) is 4.77. The van der Waals surface area contributed by atoms with Crippen molar-refractivity contribution in [3.05, 3.63) is 27.7 Å². The van der Waals surface area contributed by atoms with Gasteiger partial charge in [-0.3, -0.25) is 4.99 Å². The summed E-state index contributed by atoms with van der Waals surface area (Å²) in [6.45, 7) is 5.68. The Morgan fingerprint density at radius 3 is 3.09 bits per heavy atom. The van der Waals surface area contributed by atoms with E-state index >= 15 is 0 Å². The fourth-order valence-electron chi connectivity index (χ4n) is 2.66. The highest BCUT2D eigenvalue weighted by Crippen LogP contribution is 2.13. The number of nitrogens with zero attached hydrogens (tertiary/aromatic N) is 5. The molecule has 3 heterocycles. The van der Waals surface area contributed by atoms with Crippen LogP contribution in [0.4, 0.5) is 0 Å².